The lowest BCUT2D eigenvalue weighted by molar-refractivity contribution is -0.137. The summed E-state index contributed by atoms with van der Waals surface area (Å²) in [6, 6.07) is 14.1. The number of aliphatic carboxylic acids is 1. The number of ether oxygens (including phenoxy) is 1. The van der Waals surface area contributed by atoms with Gasteiger partial charge in [-0.1, -0.05) is 40.2 Å². The Morgan fingerprint density at radius 3 is 2.88 bits per heavy atom. The molecule has 0 bridgehead atoms. The zero-order chi connectivity index (χ0) is 17.8. The number of carboxylic acids is 1. The summed E-state index contributed by atoms with van der Waals surface area (Å²) in [6.45, 7) is 3.42. The molecule has 0 radical (unpaired) electrons. The molecule has 2 aromatic rings. The summed E-state index contributed by atoms with van der Waals surface area (Å²) in [5, 5.41) is 9.15. The summed E-state index contributed by atoms with van der Waals surface area (Å²) in [5.41, 5.74) is 3.27. The van der Waals surface area contributed by atoms with Gasteiger partial charge >= 0.3 is 5.97 Å². The molecule has 1 saturated heterocycles. The first-order chi connectivity index (χ1) is 12.0. The van der Waals surface area contributed by atoms with Crippen LogP contribution in [-0.4, -0.2) is 23.7 Å². The maximum absolute atomic E-state index is 11.1. The van der Waals surface area contributed by atoms with E-state index in [2.05, 4.69) is 33.8 Å². The Morgan fingerprint density at radius 1 is 1.32 bits per heavy atom. The number of nitrogens with zero attached hydrogens (tertiary/aromatic N) is 1. The number of hydrogen-bond acceptors (Lipinski definition) is 3. The molecule has 5 heteroatoms. The molecule has 25 heavy (non-hydrogen) atoms. The maximum Gasteiger partial charge on any atom is 0.305 e. The highest BCUT2D eigenvalue weighted by atomic mass is 79.9. The summed E-state index contributed by atoms with van der Waals surface area (Å²) in [6.07, 6.45) is 2.09. The fraction of sp³-hybridized carbons (Fsp3) is 0.350. The lowest BCUT2D eigenvalue weighted by Gasteiger charge is -2.27. The third-order valence-corrected chi connectivity index (χ3v) is 5.47. The van der Waals surface area contributed by atoms with Gasteiger partial charge in [0.1, 0.15) is 12.4 Å². The quantitative estimate of drug-likeness (QED) is 0.753. The first kappa shape index (κ1) is 17.8. The van der Waals surface area contributed by atoms with Crippen molar-refractivity contribution in [2.24, 2.45) is 0 Å². The summed E-state index contributed by atoms with van der Waals surface area (Å²) in [7, 11) is 0. The van der Waals surface area contributed by atoms with E-state index < -0.39 is 5.97 Å². The molecule has 1 aliphatic rings. The summed E-state index contributed by atoms with van der Waals surface area (Å²) in [4.78, 5) is 13.3. The van der Waals surface area contributed by atoms with Gasteiger partial charge in [0.25, 0.3) is 0 Å². The number of carboxylic acid groups (broad SMARTS) is 1. The normalized spacial score (nSPS) is 16.9. The molecule has 1 heterocycles. The van der Waals surface area contributed by atoms with Crippen molar-refractivity contribution in [3.05, 3.63) is 58.1 Å². The number of halogens is 1. The van der Waals surface area contributed by atoms with Crippen LogP contribution < -0.4 is 9.64 Å². The second-order valence-electron chi connectivity index (χ2n) is 6.43. The van der Waals surface area contributed by atoms with Crippen molar-refractivity contribution >= 4 is 27.6 Å². The Morgan fingerprint density at radius 2 is 2.12 bits per heavy atom. The van der Waals surface area contributed by atoms with Gasteiger partial charge in [-0.2, -0.15) is 0 Å². The van der Waals surface area contributed by atoms with Gasteiger partial charge in [-0.3, -0.25) is 4.79 Å². The van der Waals surface area contributed by atoms with Gasteiger partial charge in [0.05, 0.1) is 12.1 Å². The van der Waals surface area contributed by atoms with Crippen LogP contribution in [0.3, 0.4) is 0 Å². The van der Waals surface area contributed by atoms with Gasteiger partial charge in [-0.25, -0.2) is 0 Å². The number of para-hydroxylation sites is 2. The average Bonchev–Trinajstić information content (AvgIpc) is 3.03. The van der Waals surface area contributed by atoms with Crippen molar-refractivity contribution < 1.29 is 14.6 Å². The van der Waals surface area contributed by atoms with Crippen molar-refractivity contribution in [3.63, 3.8) is 0 Å². The van der Waals surface area contributed by atoms with Crippen LogP contribution in [0.5, 0.6) is 5.75 Å². The predicted molar refractivity (Wildman–Crippen MR) is 102 cm³/mol. The molecular weight excluding hydrogens is 382 g/mol. The largest absolute Gasteiger partial charge is 0.487 e. The van der Waals surface area contributed by atoms with Crippen LogP contribution in [0.15, 0.2) is 46.9 Å². The first-order valence-corrected chi connectivity index (χ1v) is 9.29. The molecule has 3 rings (SSSR count). The van der Waals surface area contributed by atoms with Gasteiger partial charge in [0.2, 0.25) is 0 Å². The highest BCUT2D eigenvalue weighted by Gasteiger charge is 2.28. The van der Waals surface area contributed by atoms with Crippen LogP contribution in [0.25, 0.3) is 0 Å². The van der Waals surface area contributed by atoms with E-state index in [9.17, 15) is 4.79 Å². The van der Waals surface area contributed by atoms with E-state index >= 15 is 0 Å². The first-order valence-electron chi connectivity index (χ1n) is 8.50. The SMILES string of the molecule is Cc1cc(COc2ccccc2N2CCCC2CC(=O)O)ccc1Br. The summed E-state index contributed by atoms with van der Waals surface area (Å²) < 4.78 is 7.17. The number of anilines is 1. The second-order valence-corrected chi connectivity index (χ2v) is 7.28. The maximum atomic E-state index is 11.1. The Bertz CT molecular complexity index is 762. The minimum Gasteiger partial charge on any atom is -0.487 e. The molecule has 2 aromatic carbocycles. The zero-order valence-electron chi connectivity index (χ0n) is 14.2. The highest BCUT2D eigenvalue weighted by molar-refractivity contribution is 9.10. The van der Waals surface area contributed by atoms with Crippen molar-refractivity contribution in [1.82, 2.24) is 0 Å². The summed E-state index contributed by atoms with van der Waals surface area (Å²) >= 11 is 3.51. The molecule has 1 unspecified atom stereocenters. The second kappa shape index (κ2) is 7.91. The number of carbonyl (C=O) groups is 1. The van der Waals surface area contributed by atoms with Crippen LogP contribution in [-0.2, 0) is 11.4 Å². The van der Waals surface area contributed by atoms with Gasteiger partial charge in [-0.15, -0.1) is 0 Å². The highest BCUT2D eigenvalue weighted by Crippen LogP contribution is 2.35. The minimum atomic E-state index is -0.749. The van der Waals surface area contributed by atoms with Gasteiger partial charge in [0, 0.05) is 17.1 Å². The molecule has 0 spiro atoms. The predicted octanol–water partition coefficient (Wildman–Crippen LogP) is 4.78. The van der Waals surface area contributed by atoms with Crippen LogP contribution in [0.2, 0.25) is 0 Å². The Hall–Kier alpha value is -2.01. The molecule has 0 amide bonds. The average molecular weight is 404 g/mol. The smallest absolute Gasteiger partial charge is 0.305 e. The molecule has 0 aliphatic carbocycles. The molecule has 132 valence electrons. The van der Waals surface area contributed by atoms with Crippen molar-refractivity contribution in [3.8, 4) is 5.75 Å². The fourth-order valence-electron chi connectivity index (χ4n) is 3.34. The monoisotopic (exact) mass is 403 g/mol. The molecule has 1 fully saturated rings. The van der Waals surface area contributed by atoms with Gasteiger partial charge < -0.3 is 14.7 Å². The standard InChI is InChI=1S/C20H22BrNO3/c1-14-11-15(8-9-17(14)21)13-25-19-7-3-2-6-18(19)22-10-4-5-16(22)12-20(23)24/h2-3,6-9,11,16H,4-5,10,12-13H2,1H3,(H,23,24). The van der Waals surface area contributed by atoms with Gasteiger partial charge in [0.15, 0.2) is 0 Å². The molecular formula is C20H22BrNO3. The van der Waals surface area contributed by atoms with Crippen molar-refractivity contribution in [1.29, 1.82) is 0 Å². The molecule has 1 atom stereocenters. The zero-order valence-corrected chi connectivity index (χ0v) is 15.8. The topological polar surface area (TPSA) is 49.8 Å². The van der Waals surface area contributed by atoms with E-state index in [-0.39, 0.29) is 12.5 Å². The Balaban J connectivity index is 1.76. The van der Waals surface area contributed by atoms with Crippen LogP contribution >= 0.6 is 15.9 Å². The fourth-order valence-corrected chi connectivity index (χ4v) is 3.59. The molecule has 1 N–H and O–H groups in total. The summed E-state index contributed by atoms with van der Waals surface area (Å²) in [5.74, 6) is 0.0565. The third kappa shape index (κ3) is 4.34. The van der Waals surface area contributed by atoms with E-state index in [0.717, 1.165) is 40.9 Å². The van der Waals surface area contributed by atoms with Crippen LogP contribution in [0.4, 0.5) is 5.69 Å². The van der Waals surface area contributed by atoms with Crippen LogP contribution in [0, 0.1) is 6.92 Å². The lowest BCUT2D eigenvalue weighted by Crippen LogP contribution is -2.31. The number of benzene rings is 2. The molecule has 4 nitrogen and oxygen atoms in total. The van der Waals surface area contributed by atoms with E-state index in [4.69, 9.17) is 9.84 Å². The van der Waals surface area contributed by atoms with Crippen LogP contribution in [0.1, 0.15) is 30.4 Å². The van der Waals surface area contributed by atoms with E-state index in [1.54, 1.807) is 0 Å². The van der Waals surface area contributed by atoms with E-state index in [1.807, 2.05) is 36.4 Å². The molecule has 1 aliphatic heterocycles. The minimum absolute atomic E-state index is 0.0391. The molecule has 0 aromatic heterocycles. The third-order valence-electron chi connectivity index (χ3n) is 4.58. The van der Waals surface area contributed by atoms with Crippen molar-refractivity contribution in [2.75, 3.05) is 11.4 Å². The van der Waals surface area contributed by atoms with Gasteiger partial charge in [-0.05, 0) is 49.1 Å². The van der Waals surface area contributed by atoms with E-state index in [0.29, 0.717) is 6.61 Å². The molecule has 0 saturated carbocycles. The number of aryl methyl sites for hydroxylation is 1. The number of hydrogen-bond donors (Lipinski definition) is 1. The Labute approximate surface area is 156 Å². The van der Waals surface area contributed by atoms with Crippen molar-refractivity contribution in [2.45, 2.75) is 38.8 Å². The Kier molecular flexibility index (Phi) is 5.63. The van der Waals surface area contributed by atoms with E-state index in [1.165, 1.54) is 5.56 Å². The number of rotatable bonds is 6. The lowest BCUT2D eigenvalue weighted by atomic mass is 10.1.